The van der Waals surface area contributed by atoms with E-state index in [0.29, 0.717) is 42.5 Å². The van der Waals surface area contributed by atoms with Crippen LogP contribution in [-0.2, 0) is 23.6 Å². The van der Waals surface area contributed by atoms with Crippen molar-refractivity contribution in [2.24, 2.45) is 0 Å². The zero-order valence-electron chi connectivity index (χ0n) is 17.1. The van der Waals surface area contributed by atoms with E-state index in [1.807, 2.05) is 0 Å². The van der Waals surface area contributed by atoms with E-state index in [2.05, 4.69) is 5.32 Å². The fourth-order valence-electron chi connectivity index (χ4n) is 3.66. The second-order valence-corrected chi connectivity index (χ2v) is 7.63. The van der Waals surface area contributed by atoms with Crippen LogP contribution in [0.5, 0.6) is 0 Å². The fourth-order valence-corrected chi connectivity index (χ4v) is 3.66. The van der Waals surface area contributed by atoms with Gasteiger partial charge in [-0.2, -0.15) is 26.3 Å². The molecule has 0 radical (unpaired) electrons. The minimum absolute atomic E-state index is 0.0245. The molecule has 2 aromatic rings. The zero-order chi connectivity index (χ0) is 24.4. The van der Waals surface area contributed by atoms with Gasteiger partial charge in [0.15, 0.2) is 5.78 Å². The van der Waals surface area contributed by atoms with Gasteiger partial charge in [-0.3, -0.25) is 9.59 Å². The molecule has 0 aliphatic heterocycles. The number of ketones is 1. The number of amides is 1. The summed E-state index contributed by atoms with van der Waals surface area (Å²) in [6, 6.07) is 5.32. The minimum atomic E-state index is -5.05. The van der Waals surface area contributed by atoms with Gasteiger partial charge in [0.25, 0.3) is 5.91 Å². The van der Waals surface area contributed by atoms with Crippen LogP contribution in [0.25, 0.3) is 6.08 Å². The Balaban J connectivity index is 1.87. The summed E-state index contributed by atoms with van der Waals surface area (Å²) in [5.74, 6) is -1.51. The van der Waals surface area contributed by atoms with E-state index < -0.39 is 53.4 Å². The summed E-state index contributed by atoms with van der Waals surface area (Å²) in [7, 11) is 0. The first kappa shape index (κ1) is 24.5. The van der Waals surface area contributed by atoms with Crippen molar-refractivity contribution >= 4 is 17.8 Å². The van der Waals surface area contributed by atoms with Gasteiger partial charge in [0.05, 0.1) is 17.2 Å². The number of alkyl halides is 6. The molecule has 3 rings (SSSR count). The number of aliphatic hydroxyl groups excluding tert-OH is 1. The van der Waals surface area contributed by atoms with Gasteiger partial charge in [-0.15, -0.1) is 0 Å². The summed E-state index contributed by atoms with van der Waals surface area (Å²) in [6.45, 7) is -0.624. The molecular formula is C23H19F6NO3. The van der Waals surface area contributed by atoms with E-state index >= 15 is 0 Å². The number of halogens is 6. The van der Waals surface area contributed by atoms with E-state index in [0.717, 1.165) is 5.56 Å². The lowest BCUT2D eigenvalue weighted by atomic mass is 9.86. The van der Waals surface area contributed by atoms with E-state index in [1.54, 1.807) is 18.2 Å². The van der Waals surface area contributed by atoms with Crippen molar-refractivity contribution in [2.45, 2.75) is 37.7 Å². The number of fused-ring (bicyclic) bond motifs is 1. The number of hydrogen-bond acceptors (Lipinski definition) is 3. The van der Waals surface area contributed by atoms with Gasteiger partial charge in [0.1, 0.15) is 6.61 Å². The highest BCUT2D eigenvalue weighted by atomic mass is 19.4. The first-order valence-corrected chi connectivity index (χ1v) is 9.93. The van der Waals surface area contributed by atoms with Gasteiger partial charge >= 0.3 is 12.4 Å². The van der Waals surface area contributed by atoms with Crippen LogP contribution >= 0.6 is 0 Å². The van der Waals surface area contributed by atoms with Crippen molar-refractivity contribution < 1.29 is 41.0 Å². The average Bonchev–Trinajstić information content (AvgIpc) is 2.75. The Labute approximate surface area is 184 Å². The Bertz CT molecular complexity index is 1060. The van der Waals surface area contributed by atoms with Gasteiger partial charge in [-0.1, -0.05) is 24.3 Å². The standard InChI is InChI=1S/C23H19F6NO3/c24-22(25,26)16-9-15(10-17(11-16)23(27,28)29)21(33)30-20-3-1-2-14-8-13(5-7-19(14)20)4-6-18(32)12-31/h4-11,20,31H,1-3,12H2,(H,30,33)/b6-4+. The SMILES string of the molecule is O=C(/C=C/c1ccc2c(c1)CCCC2NC(=O)c1cc(C(F)(F)F)cc(C(F)(F)F)c1)CO. The van der Waals surface area contributed by atoms with Gasteiger partial charge < -0.3 is 10.4 Å². The van der Waals surface area contributed by atoms with Crippen molar-refractivity contribution in [1.29, 1.82) is 0 Å². The van der Waals surface area contributed by atoms with Gasteiger partial charge in [0, 0.05) is 5.56 Å². The molecule has 0 saturated carbocycles. The molecule has 10 heteroatoms. The summed E-state index contributed by atoms with van der Waals surface area (Å²) in [5, 5.41) is 11.3. The molecule has 1 unspecified atom stereocenters. The van der Waals surface area contributed by atoms with Gasteiger partial charge in [-0.25, -0.2) is 0 Å². The average molecular weight is 471 g/mol. The monoisotopic (exact) mass is 471 g/mol. The number of carbonyl (C=O) groups excluding carboxylic acids is 2. The lowest BCUT2D eigenvalue weighted by Gasteiger charge is -2.27. The predicted molar refractivity (Wildman–Crippen MR) is 107 cm³/mol. The summed E-state index contributed by atoms with van der Waals surface area (Å²) < 4.78 is 78.5. The second-order valence-electron chi connectivity index (χ2n) is 7.63. The van der Waals surface area contributed by atoms with Crippen molar-refractivity contribution in [3.63, 3.8) is 0 Å². The highest BCUT2D eigenvalue weighted by Crippen LogP contribution is 2.37. The molecule has 1 aliphatic rings. The molecule has 2 aromatic carbocycles. The molecule has 33 heavy (non-hydrogen) atoms. The molecule has 1 amide bonds. The molecule has 1 atom stereocenters. The van der Waals surface area contributed by atoms with Gasteiger partial charge in [-0.05, 0) is 60.2 Å². The normalized spacial score (nSPS) is 16.5. The highest BCUT2D eigenvalue weighted by molar-refractivity contribution is 5.95. The fraction of sp³-hybridized carbons (Fsp3) is 0.304. The molecule has 1 aliphatic carbocycles. The summed E-state index contributed by atoms with van der Waals surface area (Å²) in [5.41, 5.74) is -1.63. The Morgan fingerprint density at radius 2 is 1.64 bits per heavy atom. The maximum Gasteiger partial charge on any atom is 0.416 e. The Hall–Kier alpha value is -3.14. The van der Waals surface area contributed by atoms with Crippen LogP contribution < -0.4 is 5.32 Å². The number of benzene rings is 2. The third-order valence-electron chi connectivity index (χ3n) is 5.25. The Kier molecular flexibility index (Phi) is 6.97. The van der Waals surface area contributed by atoms with Crippen molar-refractivity contribution in [2.75, 3.05) is 6.61 Å². The number of carbonyl (C=O) groups is 2. The molecule has 0 aromatic heterocycles. The van der Waals surface area contributed by atoms with E-state index in [-0.39, 0.29) is 6.07 Å². The number of nitrogens with one attached hydrogen (secondary N) is 1. The zero-order valence-corrected chi connectivity index (χ0v) is 17.1. The molecule has 0 spiro atoms. The maximum atomic E-state index is 13.1. The second kappa shape index (κ2) is 9.38. The molecule has 176 valence electrons. The molecular weight excluding hydrogens is 452 g/mol. The first-order valence-electron chi connectivity index (χ1n) is 9.93. The molecule has 0 heterocycles. The lowest BCUT2D eigenvalue weighted by molar-refractivity contribution is -0.143. The Morgan fingerprint density at radius 3 is 2.21 bits per heavy atom. The maximum absolute atomic E-state index is 13.1. The highest BCUT2D eigenvalue weighted by Gasteiger charge is 2.37. The van der Waals surface area contributed by atoms with Crippen LogP contribution in [0.15, 0.2) is 42.5 Å². The van der Waals surface area contributed by atoms with E-state index in [4.69, 9.17) is 5.11 Å². The number of aliphatic hydroxyl groups is 1. The summed E-state index contributed by atoms with van der Waals surface area (Å²) >= 11 is 0. The predicted octanol–water partition coefficient (Wildman–Crippen LogP) is 5.11. The van der Waals surface area contributed by atoms with Crippen molar-refractivity contribution in [3.05, 3.63) is 75.9 Å². The van der Waals surface area contributed by atoms with Crippen LogP contribution in [0.4, 0.5) is 26.3 Å². The minimum Gasteiger partial charge on any atom is -0.388 e. The number of aryl methyl sites for hydroxylation is 1. The number of hydrogen-bond donors (Lipinski definition) is 2. The van der Waals surface area contributed by atoms with E-state index in [1.165, 1.54) is 12.2 Å². The Morgan fingerprint density at radius 1 is 1.00 bits per heavy atom. The van der Waals surface area contributed by atoms with Crippen molar-refractivity contribution in [3.8, 4) is 0 Å². The third-order valence-corrected chi connectivity index (χ3v) is 5.25. The van der Waals surface area contributed by atoms with Crippen LogP contribution in [0, 0.1) is 0 Å². The van der Waals surface area contributed by atoms with Crippen LogP contribution in [-0.4, -0.2) is 23.4 Å². The molecule has 2 N–H and O–H groups in total. The molecule has 4 nitrogen and oxygen atoms in total. The van der Waals surface area contributed by atoms with Gasteiger partial charge in [0.2, 0.25) is 0 Å². The molecule has 0 saturated heterocycles. The largest absolute Gasteiger partial charge is 0.416 e. The van der Waals surface area contributed by atoms with Crippen LogP contribution in [0.2, 0.25) is 0 Å². The van der Waals surface area contributed by atoms with Crippen molar-refractivity contribution in [1.82, 2.24) is 5.32 Å². The topological polar surface area (TPSA) is 66.4 Å². The van der Waals surface area contributed by atoms with Crippen LogP contribution in [0.1, 0.15) is 57.1 Å². The van der Waals surface area contributed by atoms with Crippen LogP contribution in [0.3, 0.4) is 0 Å². The number of rotatable bonds is 5. The van der Waals surface area contributed by atoms with E-state index in [9.17, 15) is 35.9 Å². The lowest BCUT2D eigenvalue weighted by Crippen LogP contribution is -2.31. The molecule has 0 bridgehead atoms. The quantitative estimate of drug-likeness (QED) is 0.471. The molecule has 0 fully saturated rings. The smallest absolute Gasteiger partial charge is 0.388 e. The first-order chi connectivity index (χ1) is 15.4. The summed E-state index contributed by atoms with van der Waals surface area (Å²) in [4.78, 5) is 23.9. The third kappa shape index (κ3) is 6.01. The summed E-state index contributed by atoms with van der Waals surface area (Å²) in [6.07, 6.45) is -5.61.